The predicted molar refractivity (Wildman–Crippen MR) is 97.3 cm³/mol. The van der Waals surface area contributed by atoms with Crippen molar-refractivity contribution in [1.29, 1.82) is 0 Å². The number of carbonyl (C=O) groups excluding carboxylic acids is 1. The van der Waals surface area contributed by atoms with E-state index in [2.05, 4.69) is 0 Å². The first-order valence-corrected chi connectivity index (χ1v) is 8.56. The van der Waals surface area contributed by atoms with E-state index in [0.29, 0.717) is 16.5 Å². The van der Waals surface area contributed by atoms with Crippen LogP contribution in [-0.4, -0.2) is 9.76 Å². The fourth-order valence-electron chi connectivity index (χ4n) is 2.27. The molecule has 124 valence electrons. The van der Waals surface area contributed by atoms with Crippen LogP contribution in [0.1, 0.15) is 24.3 Å². The van der Waals surface area contributed by atoms with Gasteiger partial charge in [-0.15, -0.1) is 0 Å². The van der Waals surface area contributed by atoms with E-state index >= 15 is 0 Å². The lowest BCUT2D eigenvalue weighted by atomic mass is 10.1. The van der Waals surface area contributed by atoms with Crippen molar-refractivity contribution < 1.29 is 14.0 Å². The zero-order chi connectivity index (χ0) is 17.1. The maximum Gasteiger partial charge on any atom is 0.182 e. The molecule has 3 rings (SSSR count). The van der Waals surface area contributed by atoms with E-state index in [1.165, 1.54) is 0 Å². The van der Waals surface area contributed by atoms with Crippen molar-refractivity contribution in [1.82, 2.24) is 3.97 Å². The summed E-state index contributed by atoms with van der Waals surface area (Å²) in [6.07, 6.45) is 0. The van der Waals surface area contributed by atoms with Gasteiger partial charge in [0.05, 0.1) is 11.2 Å². The van der Waals surface area contributed by atoms with E-state index in [0.717, 1.165) is 23.1 Å². The second-order valence-corrected chi connectivity index (χ2v) is 6.67. The molecule has 3 aromatic rings. The Balaban J connectivity index is 1.89. The van der Waals surface area contributed by atoms with E-state index in [9.17, 15) is 4.79 Å². The van der Waals surface area contributed by atoms with Gasteiger partial charge in [-0.25, -0.2) is 0 Å². The van der Waals surface area contributed by atoms with Crippen molar-refractivity contribution in [2.24, 2.45) is 5.92 Å². The van der Waals surface area contributed by atoms with Gasteiger partial charge in [0.15, 0.2) is 23.8 Å². The Hall–Kier alpha value is -1.95. The van der Waals surface area contributed by atoms with Crippen LogP contribution in [0, 0.1) is 5.92 Å². The van der Waals surface area contributed by atoms with Gasteiger partial charge >= 0.3 is 0 Å². The lowest BCUT2D eigenvalue weighted by Gasteiger charge is -2.09. The van der Waals surface area contributed by atoms with E-state index in [1.807, 2.05) is 50.2 Å². The first-order valence-electron chi connectivity index (χ1n) is 7.48. The number of Topliss-reactive ketones (excluding diaryl/α,β-unsaturated/α-hetero) is 1. The lowest BCUT2D eigenvalue weighted by molar-refractivity contribution is -0.0786. The van der Waals surface area contributed by atoms with Gasteiger partial charge in [0.1, 0.15) is 0 Å². The van der Waals surface area contributed by atoms with Crippen molar-refractivity contribution in [3.8, 4) is 5.75 Å². The van der Waals surface area contributed by atoms with Crippen LogP contribution in [0.5, 0.6) is 5.75 Å². The zero-order valence-electron chi connectivity index (χ0n) is 13.2. The Morgan fingerprint density at radius 2 is 1.88 bits per heavy atom. The van der Waals surface area contributed by atoms with Crippen LogP contribution in [0.3, 0.4) is 0 Å². The minimum Gasteiger partial charge on any atom is -0.324 e. The number of carbonyl (C=O) groups is 1. The van der Waals surface area contributed by atoms with Crippen LogP contribution in [0.25, 0.3) is 10.9 Å². The Kier molecular flexibility index (Phi) is 5.14. The highest BCUT2D eigenvalue weighted by molar-refractivity contribution is 7.93. The molecule has 0 N–H and O–H groups in total. The predicted octanol–water partition coefficient (Wildman–Crippen LogP) is 5.56. The van der Waals surface area contributed by atoms with E-state index in [1.54, 1.807) is 22.2 Å². The average Bonchev–Trinajstić information content (AvgIpc) is 2.92. The summed E-state index contributed by atoms with van der Waals surface area (Å²) < 4.78 is 6.99. The maximum absolute atomic E-state index is 12.5. The third-order valence-electron chi connectivity index (χ3n) is 3.47. The largest absolute Gasteiger partial charge is 0.324 e. The quantitative estimate of drug-likeness (QED) is 0.249. The second-order valence-electron chi connectivity index (χ2n) is 5.59. The molecule has 0 fully saturated rings. The summed E-state index contributed by atoms with van der Waals surface area (Å²) in [5.74, 6) is 0.485. The standard InChI is InChI=1S/C18H16ClNO3S/c1-12(2)18(21)17-11-13-10-14(19)8-9-16(13)20(17)24-23-22-15-6-4-3-5-7-15/h3-12H,1-2H3. The van der Waals surface area contributed by atoms with Gasteiger partial charge in [-0.05, 0) is 36.4 Å². The van der Waals surface area contributed by atoms with Crippen LogP contribution in [0.4, 0.5) is 0 Å². The van der Waals surface area contributed by atoms with Crippen LogP contribution in [-0.2, 0) is 4.33 Å². The highest BCUT2D eigenvalue weighted by Gasteiger charge is 2.20. The Bertz CT molecular complexity index is 861. The summed E-state index contributed by atoms with van der Waals surface area (Å²) in [5, 5.41) is 1.50. The molecule has 1 heterocycles. The smallest absolute Gasteiger partial charge is 0.182 e. The summed E-state index contributed by atoms with van der Waals surface area (Å²) in [7, 11) is 0. The SMILES string of the molecule is CC(C)C(=O)c1cc2cc(Cl)ccc2n1SOOc1ccccc1. The summed E-state index contributed by atoms with van der Waals surface area (Å²) in [5.41, 5.74) is 1.38. The molecule has 0 saturated heterocycles. The third-order valence-corrected chi connectivity index (χ3v) is 4.38. The van der Waals surface area contributed by atoms with Crippen molar-refractivity contribution in [3.05, 3.63) is 65.3 Å². The fourth-order valence-corrected chi connectivity index (χ4v) is 3.09. The normalized spacial score (nSPS) is 11.2. The minimum absolute atomic E-state index is 0.0260. The van der Waals surface area contributed by atoms with Gasteiger partial charge in [-0.3, -0.25) is 8.77 Å². The summed E-state index contributed by atoms with van der Waals surface area (Å²) >= 11 is 7.01. The van der Waals surface area contributed by atoms with Gasteiger partial charge in [-0.2, -0.15) is 0 Å². The molecule has 0 aliphatic heterocycles. The average molecular weight is 362 g/mol. The third kappa shape index (κ3) is 3.59. The molecule has 24 heavy (non-hydrogen) atoms. The molecule has 6 heteroatoms. The van der Waals surface area contributed by atoms with Gasteiger partial charge in [0, 0.05) is 16.3 Å². The number of hydrogen-bond donors (Lipinski definition) is 0. The van der Waals surface area contributed by atoms with Crippen molar-refractivity contribution in [3.63, 3.8) is 0 Å². The second kappa shape index (κ2) is 7.30. The molecule has 0 amide bonds. The molecule has 0 radical (unpaired) electrons. The van der Waals surface area contributed by atoms with Crippen LogP contribution in [0.15, 0.2) is 54.6 Å². The Morgan fingerprint density at radius 3 is 2.58 bits per heavy atom. The molecule has 0 bridgehead atoms. The highest BCUT2D eigenvalue weighted by Crippen LogP contribution is 2.29. The summed E-state index contributed by atoms with van der Waals surface area (Å²) in [6.45, 7) is 3.73. The molecular formula is C18H16ClNO3S. The molecule has 0 atom stereocenters. The molecule has 0 unspecified atom stereocenters. The Labute approximate surface area is 149 Å². The molecule has 0 aliphatic rings. The molecule has 2 aromatic carbocycles. The zero-order valence-corrected chi connectivity index (χ0v) is 14.8. The van der Waals surface area contributed by atoms with Crippen molar-refractivity contribution in [2.75, 3.05) is 0 Å². The van der Waals surface area contributed by atoms with E-state index < -0.39 is 0 Å². The number of para-hydroxylation sites is 1. The first kappa shape index (κ1) is 16.9. The van der Waals surface area contributed by atoms with E-state index in [-0.39, 0.29) is 11.7 Å². The lowest BCUT2D eigenvalue weighted by Crippen LogP contribution is -2.11. The molecule has 0 spiro atoms. The molecule has 0 aliphatic carbocycles. The number of benzene rings is 2. The molecule has 1 aromatic heterocycles. The molecule has 4 nitrogen and oxygen atoms in total. The molecular weight excluding hydrogens is 346 g/mol. The van der Waals surface area contributed by atoms with Gasteiger partial charge < -0.3 is 4.89 Å². The van der Waals surface area contributed by atoms with Gasteiger partial charge in [0.25, 0.3) is 0 Å². The number of fused-ring (bicyclic) bond motifs is 1. The summed E-state index contributed by atoms with van der Waals surface area (Å²) in [6, 6.07) is 16.4. The van der Waals surface area contributed by atoms with Crippen LogP contribution >= 0.6 is 23.8 Å². The molecule has 0 saturated carbocycles. The van der Waals surface area contributed by atoms with Gasteiger partial charge in [-0.1, -0.05) is 48.0 Å². The minimum atomic E-state index is -0.126. The van der Waals surface area contributed by atoms with E-state index in [4.69, 9.17) is 20.8 Å². The number of aromatic nitrogens is 1. The number of rotatable bonds is 6. The van der Waals surface area contributed by atoms with Crippen molar-refractivity contribution in [2.45, 2.75) is 13.8 Å². The van der Waals surface area contributed by atoms with Crippen molar-refractivity contribution >= 4 is 40.5 Å². The Morgan fingerprint density at radius 1 is 1.12 bits per heavy atom. The number of nitrogens with zero attached hydrogens (tertiary/aromatic N) is 1. The monoisotopic (exact) mass is 361 g/mol. The highest BCUT2D eigenvalue weighted by atomic mass is 35.5. The fraction of sp³-hybridized carbons (Fsp3) is 0.167. The number of halogens is 1. The summed E-state index contributed by atoms with van der Waals surface area (Å²) in [4.78, 5) is 17.7. The number of hydrogen-bond acceptors (Lipinski definition) is 4. The first-order chi connectivity index (χ1) is 11.6. The topological polar surface area (TPSA) is 40.5 Å². The maximum atomic E-state index is 12.5. The van der Waals surface area contributed by atoms with Crippen LogP contribution in [0.2, 0.25) is 5.02 Å². The van der Waals surface area contributed by atoms with Gasteiger partial charge in [0.2, 0.25) is 0 Å². The number of ketones is 1. The van der Waals surface area contributed by atoms with Crippen LogP contribution < -0.4 is 4.89 Å².